The van der Waals surface area contributed by atoms with Gasteiger partial charge in [-0.2, -0.15) is 15.2 Å². The number of aryl methyl sites for hydroxylation is 2. The Hall–Kier alpha value is -4.36. The number of ether oxygens (including phenoxy) is 3. The molecule has 0 radical (unpaired) electrons. The monoisotopic (exact) mass is 495 g/mol. The van der Waals surface area contributed by atoms with E-state index < -0.39 is 10.6 Å². The Kier molecular flexibility index (Phi) is 8.07. The highest BCUT2D eigenvalue weighted by Crippen LogP contribution is 2.39. The Balaban J connectivity index is 1.97. The van der Waals surface area contributed by atoms with Gasteiger partial charge < -0.3 is 19.5 Å². The van der Waals surface area contributed by atoms with Crippen molar-refractivity contribution in [3.8, 4) is 29.2 Å². The fourth-order valence-corrected chi connectivity index (χ4v) is 3.58. The van der Waals surface area contributed by atoms with E-state index in [-0.39, 0.29) is 23.5 Å². The molecule has 0 aliphatic heterocycles. The molecular weight excluding hydrogens is 474 g/mol. The standard InChI is InChI=1S/C24H22ClN5O5/c1-14-10-16(6-5-9-26)11-15(2)21(14)35-23-20(30(31)32)22(28-24(25)29-23)27-13-17-7-8-18(33-3)12-19(17)34-4/h5-8,10-12H,13H2,1-4H3,(H,27,28,29)/b6-5+. The highest BCUT2D eigenvalue weighted by atomic mass is 35.5. The van der Waals surface area contributed by atoms with E-state index in [0.29, 0.717) is 33.9 Å². The number of nitriles is 1. The van der Waals surface area contributed by atoms with Crippen molar-refractivity contribution in [3.05, 3.63) is 74.1 Å². The summed E-state index contributed by atoms with van der Waals surface area (Å²) in [5, 5.41) is 23.4. The third-order valence-corrected chi connectivity index (χ3v) is 5.15. The van der Waals surface area contributed by atoms with E-state index in [1.807, 2.05) is 6.07 Å². The number of aromatic nitrogens is 2. The second-order valence-corrected chi connectivity index (χ2v) is 7.67. The van der Waals surface area contributed by atoms with Gasteiger partial charge in [-0.1, -0.05) is 0 Å². The molecule has 0 saturated carbocycles. The molecule has 11 heteroatoms. The number of hydrogen-bond acceptors (Lipinski definition) is 9. The molecule has 0 atom stereocenters. The fourth-order valence-electron chi connectivity index (χ4n) is 3.42. The van der Waals surface area contributed by atoms with Gasteiger partial charge in [-0.3, -0.25) is 10.1 Å². The van der Waals surface area contributed by atoms with Crippen LogP contribution < -0.4 is 19.5 Å². The number of nitro groups is 1. The van der Waals surface area contributed by atoms with Crippen LogP contribution in [0.4, 0.5) is 11.5 Å². The number of nitrogens with zero attached hydrogens (tertiary/aromatic N) is 4. The molecule has 0 aliphatic carbocycles. The zero-order valence-corrected chi connectivity index (χ0v) is 20.2. The van der Waals surface area contributed by atoms with Crippen molar-refractivity contribution in [3.63, 3.8) is 0 Å². The number of benzene rings is 2. The minimum Gasteiger partial charge on any atom is -0.497 e. The first-order valence-electron chi connectivity index (χ1n) is 10.3. The molecule has 1 aromatic heterocycles. The van der Waals surface area contributed by atoms with Gasteiger partial charge in [0.1, 0.15) is 17.2 Å². The summed E-state index contributed by atoms with van der Waals surface area (Å²) in [5.74, 6) is 1.13. The van der Waals surface area contributed by atoms with E-state index in [1.165, 1.54) is 13.2 Å². The lowest BCUT2D eigenvalue weighted by atomic mass is 10.1. The van der Waals surface area contributed by atoms with Crippen molar-refractivity contribution in [2.45, 2.75) is 20.4 Å². The SMILES string of the molecule is COc1ccc(CNc2nc(Cl)nc(Oc3c(C)cc(/C=C/C#N)cc3C)c2[N+](=O)[O-])c(OC)c1. The van der Waals surface area contributed by atoms with Gasteiger partial charge in [0.15, 0.2) is 0 Å². The summed E-state index contributed by atoms with van der Waals surface area (Å²) in [5.41, 5.74) is 2.44. The fraction of sp³-hybridized carbons (Fsp3) is 0.208. The van der Waals surface area contributed by atoms with E-state index in [1.54, 1.807) is 57.4 Å². The lowest BCUT2D eigenvalue weighted by Crippen LogP contribution is -2.09. The number of methoxy groups -OCH3 is 2. The predicted molar refractivity (Wildman–Crippen MR) is 131 cm³/mol. The molecule has 180 valence electrons. The molecule has 0 unspecified atom stereocenters. The number of nitrogens with one attached hydrogen (secondary N) is 1. The van der Waals surface area contributed by atoms with E-state index >= 15 is 0 Å². The van der Waals surface area contributed by atoms with Crippen molar-refractivity contribution < 1.29 is 19.1 Å². The molecule has 3 rings (SSSR count). The molecule has 0 bridgehead atoms. The first-order valence-corrected chi connectivity index (χ1v) is 10.7. The topological polar surface area (TPSA) is 132 Å². The average Bonchev–Trinajstić information content (AvgIpc) is 2.82. The summed E-state index contributed by atoms with van der Waals surface area (Å²) in [7, 11) is 3.06. The van der Waals surface area contributed by atoms with Crippen LogP contribution in [0.15, 0.2) is 36.4 Å². The Labute approximate surface area is 206 Å². The second kappa shape index (κ2) is 11.2. The van der Waals surface area contributed by atoms with E-state index in [0.717, 1.165) is 5.56 Å². The smallest absolute Gasteiger partial charge is 0.373 e. The van der Waals surface area contributed by atoms with Crippen molar-refractivity contribution in [2.24, 2.45) is 0 Å². The van der Waals surface area contributed by atoms with E-state index in [4.69, 9.17) is 31.1 Å². The predicted octanol–water partition coefficient (Wildman–Crippen LogP) is 5.61. The van der Waals surface area contributed by atoms with Gasteiger partial charge in [-0.15, -0.1) is 0 Å². The second-order valence-electron chi connectivity index (χ2n) is 7.33. The molecule has 1 N–H and O–H groups in total. The van der Waals surface area contributed by atoms with Gasteiger partial charge in [-0.25, -0.2) is 0 Å². The number of rotatable bonds is 9. The van der Waals surface area contributed by atoms with Gasteiger partial charge >= 0.3 is 11.6 Å². The summed E-state index contributed by atoms with van der Waals surface area (Å²) < 4.78 is 16.5. The van der Waals surface area contributed by atoms with Gasteiger partial charge in [0.25, 0.3) is 0 Å². The lowest BCUT2D eigenvalue weighted by molar-refractivity contribution is -0.385. The van der Waals surface area contributed by atoms with Crippen molar-refractivity contribution in [1.29, 1.82) is 5.26 Å². The summed E-state index contributed by atoms with van der Waals surface area (Å²) in [6.07, 6.45) is 3.02. The van der Waals surface area contributed by atoms with Crippen molar-refractivity contribution in [1.82, 2.24) is 9.97 Å². The molecule has 10 nitrogen and oxygen atoms in total. The molecule has 0 spiro atoms. The van der Waals surface area contributed by atoms with Crippen LogP contribution in [0.25, 0.3) is 6.08 Å². The Morgan fingerprint density at radius 3 is 2.49 bits per heavy atom. The molecule has 1 heterocycles. The molecule has 35 heavy (non-hydrogen) atoms. The molecule has 0 amide bonds. The normalized spacial score (nSPS) is 10.6. The maximum absolute atomic E-state index is 12.0. The highest BCUT2D eigenvalue weighted by molar-refractivity contribution is 6.28. The Bertz CT molecular complexity index is 1310. The summed E-state index contributed by atoms with van der Waals surface area (Å²) in [4.78, 5) is 19.3. The summed E-state index contributed by atoms with van der Waals surface area (Å²) in [6.45, 7) is 3.73. The van der Waals surface area contributed by atoms with E-state index in [9.17, 15) is 10.1 Å². The quantitative estimate of drug-likeness (QED) is 0.174. The molecule has 0 fully saturated rings. The van der Waals surface area contributed by atoms with Crippen LogP contribution in [0.2, 0.25) is 5.28 Å². The first kappa shape index (κ1) is 25.3. The van der Waals surface area contributed by atoms with Crippen LogP contribution in [0.3, 0.4) is 0 Å². The maximum atomic E-state index is 12.0. The molecule has 0 aliphatic rings. The highest BCUT2D eigenvalue weighted by Gasteiger charge is 2.28. The number of hydrogen-bond donors (Lipinski definition) is 1. The minimum absolute atomic E-state index is 0.105. The van der Waals surface area contributed by atoms with Gasteiger partial charge in [0.2, 0.25) is 11.1 Å². The third-order valence-electron chi connectivity index (χ3n) is 4.98. The zero-order valence-electron chi connectivity index (χ0n) is 19.5. The zero-order chi connectivity index (χ0) is 25.5. The van der Waals surface area contributed by atoms with Crippen LogP contribution in [0.5, 0.6) is 23.1 Å². The van der Waals surface area contributed by atoms with Crippen LogP contribution in [-0.4, -0.2) is 29.1 Å². The van der Waals surface area contributed by atoms with Gasteiger partial charge in [-0.05, 0) is 72.5 Å². The van der Waals surface area contributed by atoms with Crippen molar-refractivity contribution in [2.75, 3.05) is 19.5 Å². The van der Waals surface area contributed by atoms with E-state index in [2.05, 4.69) is 15.3 Å². The van der Waals surface area contributed by atoms with Gasteiger partial charge in [0, 0.05) is 24.3 Å². The number of anilines is 1. The van der Waals surface area contributed by atoms with Crippen LogP contribution in [0.1, 0.15) is 22.3 Å². The lowest BCUT2D eigenvalue weighted by Gasteiger charge is -2.15. The number of halogens is 1. The summed E-state index contributed by atoms with van der Waals surface area (Å²) in [6, 6.07) is 10.7. The van der Waals surface area contributed by atoms with Crippen LogP contribution >= 0.6 is 11.6 Å². The van der Waals surface area contributed by atoms with Crippen LogP contribution in [0, 0.1) is 35.3 Å². The Morgan fingerprint density at radius 2 is 1.89 bits per heavy atom. The Morgan fingerprint density at radius 1 is 1.17 bits per heavy atom. The van der Waals surface area contributed by atoms with Gasteiger partial charge in [0.05, 0.1) is 25.2 Å². The molecule has 0 saturated heterocycles. The number of allylic oxidation sites excluding steroid dienone is 1. The summed E-state index contributed by atoms with van der Waals surface area (Å²) >= 11 is 6.09. The largest absolute Gasteiger partial charge is 0.497 e. The third kappa shape index (κ3) is 5.96. The molecule has 2 aromatic carbocycles. The average molecular weight is 496 g/mol. The first-order chi connectivity index (χ1) is 16.8. The maximum Gasteiger partial charge on any atom is 0.373 e. The molecule has 3 aromatic rings. The molecular formula is C24H22ClN5O5. The van der Waals surface area contributed by atoms with Crippen molar-refractivity contribution >= 4 is 29.2 Å². The van der Waals surface area contributed by atoms with Crippen LogP contribution in [-0.2, 0) is 6.54 Å². The minimum atomic E-state index is -0.631.